The summed E-state index contributed by atoms with van der Waals surface area (Å²) in [6.07, 6.45) is 0.427. The summed E-state index contributed by atoms with van der Waals surface area (Å²) >= 11 is 0. The zero-order chi connectivity index (χ0) is 20.4. The number of fused-ring (bicyclic) bond motifs is 1. The molecule has 28 heavy (non-hydrogen) atoms. The maximum absolute atomic E-state index is 12.8. The van der Waals surface area contributed by atoms with E-state index in [1.54, 1.807) is 18.2 Å². The minimum absolute atomic E-state index is 0.0421. The number of hydrogen-bond donors (Lipinski definition) is 1. The molecule has 0 radical (unpaired) electrons. The zero-order valence-electron chi connectivity index (χ0n) is 16.3. The predicted octanol–water partition coefficient (Wildman–Crippen LogP) is 2.56. The summed E-state index contributed by atoms with van der Waals surface area (Å²) in [5, 5.41) is 10.6. The van der Waals surface area contributed by atoms with Gasteiger partial charge in [0.1, 0.15) is 11.7 Å². The summed E-state index contributed by atoms with van der Waals surface area (Å²) in [6, 6.07) is 5.15. The molecule has 1 aromatic rings. The Kier molecular flexibility index (Phi) is 5.39. The summed E-state index contributed by atoms with van der Waals surface area (Å²) in [5.74, 6) is 0.211. The fraction of sp³-hybridized carbons (Fsp3) is 0.350. The molecule has 2 aliphatic rings. The van der Waals surface area contributed by atoms with Crippen molar-refractivity contribution in [1.82, 2.24) is 0 Å². The lowest BCUT2D eigenvalue weighted by Crippen LogP contribution is -2.41. The number of ketones is 1. The van der Waals surface area contributed by atoms with Crippen LogP contribution in [-0.4, -0.2) is 52.5 Å². The van der Waals surface area contributed by atoms with Crippen LogP contribution >= 0.6 is 0 Å². The molecule has 0 amide bonds. The standard InChI is InChI=1S/C20H22O8/c1-23-12-7-6-10(8-14(12)24-2)13-9-11(21)15-16(22)18(25-3)20(27-5)19(26-4)17(15)28-13/h6-9,15,17,22H,1-5H3. The number of aliphatic hydroxyl groups is 1. The summed E-state index contributed by atoms with van der Waals surface area (Å²) < 4.78 is 32.6. The normalized spacial score (nSPS) is 21.5. The molecule has 8 nitrogen and oxygen atoms in total. The highest BCUT2D eigenvalue weighted by Crippen LogP contribution is 2.42. The molecule has 150 valence electrons. The Morgan fingerprint density at radius 2 is 1.57 bits per heavy atom. The third-order valence-corrected chi connectivity index (χ3v) is 4.65. The Morgan fingerprint density at radius 3 is 2.14 bits per heavy atom. The third kappa shape index (κ3) is 3.00. The van der Waals surface area contributed by atoms with E-state index in [2.05, 4.69) is 0 Å². The van der Waals surface area contributed by atoms with Gasteiger partial charge in [0.05, 0.1) is 35.5 Å². The minimum atomic E-state index is -0.993. The van der Waals surface area contributed by atoms with Gasteiger partial charge in [-0.1, -0.05) is 0 Å². The van der Waals surface area contributed by atoms with E-state index in [4.69, 9.17) is 28.4 Å². The SMILES string of the molecule is COC1=C(OC)C2OC(c3ccc(OC)c(OC)c3)=CC(=O)C2C(O)=C1OC. The van der Waals surface area contributed by atoms with Gasteiger partial charge in [0.15, 0.2) is 34.9 Å². The van der Waals surface area contributed by atoms with Crippen molar-refractivity contribution < 1.29 is 38.3 Å². The molecule has 1 aliphatic heterocycles. The number of benzene rings is 1. The molecule has 0 fully saturated rings. The molecule has 2 atom stereocenters. The topological polar surface area (TPSA) is 92.7 Å². The third-order valence-electron chi connectivity index (χ3n) is 4.65. The molecule has 1 aromatic carbocycles. The maximum atomic E-state index is 12.8. The van der Waals surface area contributed by atoms with E-state index in [1.165, 1.54) is 41.6 Å². The second-order valence-electron chi connectivity index (χ2n) is 6.02. The minimum Gasteiger partial charge on any atom is -0.507 e. The number of ether oxygens (including phenoxy) is 6. The number of carbonyl (C=O) groups is 1. The van der Waals surface area contributed by atoms with E-state index in [0.29, 0.717) is 22.8 Å². The average Bonchev–Trinajstić information content (AvgIpc) is 2.72. The zero-order valence-corrected chi connectivity index (χ0v) is 16.3. The lowest BCUT2D eigenvalue weighted by molar-refractivity contribution is -0.123. The van der Waals surface area contributed by atoms with Crippen molar-refractivity contribution in [3.63, 3.8) is 0 Å². The van der Waals surface area contributed by atoms with Crippen LogP contribution in [0.15, 0.2) is 47.3 Å². The van der Waals surface area contributed by atoms with E-state index >= 15 is 0 Å². The van der Waals surface area contributed by atoms with E-state index in [1.807, 2.05) is 0 Å². The van der Waals surface area contributed by atoms with Crippen LogP contribution in [-0.2, 0) is 23.7 Å². The van der Waals surface area contributed by atoms with Gasteiger partial charge in [-0.25, -0.2) is 0 Å². The Hall–Kier alpha value is -3.29. The van der Waals surface area contributed by atoms with Crippen molar-refractivity contribution in [3.8, 4) is 11.5 Å². The van der Waals surface area contributed by atoms with E-state index in [0.717, 1.165) is 0 Å². The van der Waals surface area contributed by atoms with E-state index < -0.39 is 12.0 Å². The van der Waals surface area contributed by atoms with Gasteiger partial charge < -0.3 is 33.5 Å². The quantitative estimate of drug-likeness (QED) is 0.792. The Balaban J connectivity index is 2.08. The van der Waals surface area contributed by atoms with Crippen molar-refractivity contribution in [2.45, 2.75) is 6.10 Å². The Bertz CT molecular complexity index is 880. The van der Waals surface area contributed by atoms with Crippen LogP contribution < -0.4 is 9.47 Å². The first kappa shape index (κ1) is 19.5. The lowest BCUT2D eigenvalue weighted by Gasteiger charge is -2.35. The van der Waals surface area contributed by atoms with Gasteiger partial charge >= 0.3 is 0 Å². The highest BCUT2D eigenvalue weighted by Gasteiger charge is 2.48. The molecule has 0 saturated heterocycles. The number of carbonyl (C=O) groups excluding carboxylic acids is 1. The van der Waals surface area contributed by atoms with Gasteiger partial charge in [0.25, 0.3) is 0 Å². The molecule has 0 saturated carbocycles. The van der Waals surface area contributed by atoms with Gasteiger partial charge in [-0.3, -0.25) is 4.79 Å². The molecule has 1 aliphatic carbocycles. The van der Waals surface area contributed by atoms with Crippen LogP contribution in [0.25, 0.3) is 5.76 Å². The van der Waals surface area contributed by atoms with Gasteiger partial charge in [0, 0.05) is 11.6 Å². The summed E-state index contributed by atoms with van der Waals surface area (Å²) in [7, 11) is 7.28. The molecular formula is C20H22O8. The Labute approximate surface area is 162 Å². The van der Waals surface area contributed by atoms with Gasteiger partial charge in [-0.2, -0.15) is 0 Å². The second-order valence-corrected chi connectivity index (χ2v) is 6.02. The van der Waals surface area contributed by atoms with E-state index in [9.17, 15) is 9.90 Å². The first-order valence-corrected chi connectivity index (χ1v) is 8.44. The number of rotatable bonds is 6. The van der Waals surface area contributed by atoms with Crippen molar-refractivity contribution in [2.75, 3.05) is 35.5 Å². The highest BCUT2D eigenvalue weighted by molar-refractivity contribution is 6.01. The summed E-state index contributed by atoms with van der Waals surface area (Å²) in [5.41, 5.74) is 0.611. The van der Waals surface area contributed by atoms with Crippen LogP contribution in [0.2, 0.25) is 0 Å². The number of aliphatic hydroxyl groups excluding tert-OH is 1. The molecule has 3 rings (SSSR count). The number of allylic oxidation sites excluding steroid dienone is 1. The van der Waals surface area contributed by atoms with Crippen LogP contribution in [0.1, 0.15) is 5.56 Å². The number of methoxy groups -OCH3 is 5. The van der Waals surface area contributed by atoms with Crippen LogP contribution in [0.5, 0.6) is 11.5 Å². The maximum Gasteiger partial charge on any atom is 0.206 e. The van der Waals surface area contributed by atoms with Crippen molar-refractivity contribution in [3.05, 3.63) is 52.9 Å². The molecule has 0 spiro atoms. The first-order chi connectivity index (χ1) is 13.5. The van der Waals surface area contributed by atoms with E-state index in [-0.39, 0.29) is 28.8 Å². The van der Waals surface area contributed by atoms with Crippen molar-refractivity contribution >= 4 is 11.5 Å². The molecule has 2 unspecified atom stereocenters. The highest BCUT2D eigenvalue weighted by atomic mass is 16.6. The second kappa shape index (κ2) is 7.75. The molecular weight excluding hydrogens is 368 g/mol. The Morgan fingerprint density at radius 1 is 0.893 bits per heavy atom. The van der Waals surface area contributed by atoms with Crippen LogP contribution in [0.4, 0.5) is 0 Å². The van der Waals surface area contributed by atoms with Crippen LogP contribution in [0.3, 0.4) is 0 Å². The van der Waals surface area contributed by atoms with Crippen LogP contribution in [0, 0.1) is 5.92 Å². The fourth-order valence-corrected chi connectivity index (χ4v) is 3.33. The molecule has 8 heteroatoms. The smallest absolute Gasteiger partial charge is 0.206 e. The van der Waals surface area contributed by atoms with Gasteiger partial charge in [-0.15, -0.1) is 0 Å². The molecule has 1 N–H and O–H groups in total. The molecule has 0 bridgehead atoms. The van der Waals surface area contributed by atoms with Gasteiger partial charge in [-0.05, 0) is 18.2 Å². The van der Waals surface area contributed by atoms with Crippen molar-refractivity contribution in [1.29, 1.82) is 0 Å². The molecule has 1 heterocycles. The first-order valence-electron chi connectivity index (χ1n) is 8.44. The fourth-order valence-electron chi connectivity index (χ4n) is 3.33. The summed E-state index contributed by atoms with van der Waals surface area (Å²) in [6.45, 7) is 0. The number of hydrogen-bond acceptors (Lipinski definition) is 8. The monoisotopic (exact) mass is 390 g/mol. The summed E-state index contributed by atoms with van der Waals surface area (Å²) in [4.78, 5) is 12.8. The van der Waals surface area contributed by atoms with Gasteiger partial charge in [0.2, 0.25) is 11.5 Å². The predicted molar refractivity (Wildman–Crippen MR) is 98.6 cm³/mol. The largest absolute Gasteiger partial charge is 0.507 e. The molecule has 0 aromatic heterocycles. The van der Waals surface area contributed by atoms with Crippen molar-refractivity contribution in [2.24, 2.45) is 5.92 Å². The average molecular weight is 390 g/mol. The lowest BCUT2D eigenvalue weighted by atomic mass is 9.85.